The third-order valence-corrected chi connectivity index (χ3v) is 1.75. The van der Waals surface area contributed by atoms with Crippen molar-refractivity contribution in [1.29, 1.82) is 0 Å². The normalized spacial score (nSPS) is 11.8. The van der Waals surface area contributed by atoms with Gasteiger partial charge in [0, 0.05) is 37.7 Å². The van der Waals surface area contributed by atoms with Crippen LogP contribution in [0.2, 0.25) is 0 Å². The Kier molecular flexibility index (Phi) is 11.4. The molecular weight excluding hydrogens is 168 g/mol. The number of hydrogen-bond donors (Lipinski definition) is 1. The monoisotopic (exact) mass is 184 g/mol. The van der Waals surface area contributed by atoms with Gasteiger partial charge in [-0.25, -0.2) is 0 Å². The van der Waals surface area contributed by atoms with Crippen molar-refractivity contribution in [1.82, 2.24) is 0 Å². The summed E-state index contributed by atoms with van der Waals surface area (Å²) in [7, 11) is 0. The number of rotatable bonds is 5. The summed E-state index contributed by atoms with van der Waals surface area (Å²) < 4.78 is 0. The van der Waals surface area contributed by atoms with Gasteiger partial charge in [0.25, 0.3) is 0 Å². The van der Waals surface area contributed by atoms with Gasteiger partial charge in [-0.2, -0.15) is 0 Å². The van der Waals surface area contributed by atoms with Crippen LogP contribution in [-0.4, -0.2) is 48.8 Å². The van der Waals surface area contributed by atoms with Gasteiger partial charge in [0.15, 0.2) is 0 Å². The van der Waals surface area contributed by atoms with Crippen LogP contribution in [0.3, 0.4) is 0 Å². The SMILES string of the molecule is CCCCC(CC)C(=O)O.[Ca]. The van der Waals surface area contributed by atoms with Gasteiger partial charge in [-0.1, -0.05) is 26.7 Å². The maximum atomic E-state index is 10.4. The Hall–Kier alpha value is 0.730. The first-order valence-electron chi connectivity index (χ1n) is 3.95. The second-order valence-corrected chi connectivity index (χ2v) is 2.59. The fourth-order valence-corrected chi connectivity index (χ4v) is 0.953. The Morgan fingerprint density at radius 3 is 2.27 bits per heavy atom. The number of hydrogen-bond acceptors (Lipinski definition) is 1. The zero-order valence-corrected chi connectivity index (χ0v) is 9.68. The van der Waals surface area contributed by atoms with Crippen LogP contribution in [-0.2, 0) is 4.79 Å². The molecule has 1 unspecified atom stereocenters. The summed E-state index contributed by atoms with van der Waals surface area (Å²) in [4.78, 5) is 10.4. The van der Waals surface area contributed by atoms with Gasteiger partial charge >= 0.3 is 5.97 Å². The molecule has 0 fully saturated rings. The molecule has 0 heterocycles. The van der Waals surface area contributed by atoms with Crippen molar-refractivity contribution in [2.24, 2.45) is 5.92 Å². The van der Waals surface area contributed by atoms with E-state index < -0.39 is 5.97 Å². The summed E-state index contributed by atoms with van der Waals surface area (Å²) in [5.74, 6) is -0.754. The Morgan fingerprint density at radius 1 is 1.45 bits per heavy atom. The topological polar surface area (TPSA) is 37.3 Å². The molecule has 0 aliphatic carbocycles. The summed E-state index contributed by atoms with van der Waals surface area (Å²) in [6, 6.07) is 0. The van der Waals surface area contributed by atoms with Crippen molar-refractivity contribution in [3.05, 3.63) is 0 Å². The van der Waals surface area contributed by atoms with Gasteiger partial charge in [-0.3, -0.25) is 4.79 Å². The van der Waals surface area contributed by atoms with Crippen molar-refractivity contribution in [2.75, 3.05) is 0 Å². The molecule has 2 radical (unpaired) electrons. The van der Waals surface area contributed by atoms with Crippen LogP contribution in [0.1, 0.15) is 39.5 Å². The van der Waals surface area contributed by atoms with Crippen molar-refractivity contribution in [2.45, 2.75) is 39.5 Å². The zero-order chi connectivity index (χ0) is 7.98. The van der Waals surface area contributed by atoms with Gasteiger partial charge in [-0.15, -0.1) is 0 Å². The van der Waals surface area contributed by atoms with E-state index in [0.29, 0.717) is 0 Å². The standard InChI is InChI=1S/C8H16O2.Ca/c1-3-5-6-7(4-2)8(9)10;/h7H,3-6H2,1-2H3,(H,9,10);. The van der Waals surface area contributed by atoms with Crippen molar-refractivity contribution in [3.63, 3.8) is 0 Å². The fraction of sp³-hybridized carbons (Fsp3) is 0.875. The Bertz CT molecular complexity index is 104. The molecule has 62 valence electrons. The molecule has 0 spiro atoms. The largest absolute Gasteiger partial charge is 0.481 e. The van der Waals surface area contributed by atoms with E-state index in [-0.39, 0.29) is 43.7 Å². The second kappa shape index (κ2) is 8.82. The van der Waals surface area contributed by atoms with E-state index in [1.165, 1.54) is 0 Å². The first-order chi connectivity index (χ1) is 4.72. The smallest absolute Gasteiger partial charge is 0.306 e. The van der Waals surface area contributed by atoms with Crippen LogP contribution in [0.25, 0.3) is 0 Å². The molecule has 0 amide bonds. The van der Waals surface area contributed by atoms with Crippen molar-refractivity contribution < 1.29 is 9.90 Å². The van der Waals surface area contributed by atoms with Gasteiger partial charge in [0.05, 0.1) is 5.92 Å². The van der Waals surface area contributed by atoms with Crippen LogP contribution >= 0.6 is 0 Å². The maximum absolute atomic E-state index is 10.4. The average molecular weight is 184 g/mol. The first-order valence-corrected chi connectivity index (χ1v) is 3.95. The molecule has 1 N–H and O–H groups in total. The molecule has 1 atom stereocenters. The van der Waals surface area contributed by atoms with E-state index in [1.807, 2.05) is 6.92 Å². The molecule has 0 saturated carbocycles. The minimum atomic E-state index is -0.643. The molecule has 0 aromatic heterocycles. The van der Waals surface area contributed by atoms with Gasteiger partial charge < -0.3 is 5.11 Å². The van der Waals surface area contributed by atoms with Crippen LogP contribution in [0.5, 0.6) is 0 Å². The van der Waals surface area contributed by atoms with Crippen LogP contribution in [0.15, 0.2) is 0 Å². The third kappa shape index (κ3) is 7.10. The fourth-order valence-electron chi connectivity index (χ4n) is 0.953. The Balaban J connectivity index is 0. The van der Waals surface area contributed by atoms with E-state index in [0.717, 1.165) is 25.7 Å². The molecule has 3 heteroatoms. The van der Waals surface area contributed by atoms with Gasteiger partial charge in [0.2, 0.25) is 0 Å². The number of unbranched alkanes of at least 4 members (excludes halogenated alkanes) is 1. The van der Waals surface area contributed by atoms with E-state index in [4.69, 9.17) is 5.11 Å². The molecule has 2 nitrogen and oxygen atoms in total. The molecule has 11 heavy (non-hydrogen) atoms. The van der Waals surface area contributed by atoms with Gasteiger partial charge in [-0.05, 0) is 12.8 Å². The number of carboxylic acids is 1. The average Bonchev–Trinajstić information content (AvgIpc) is 1.89. The van der Waals surface area contributed by atoms with Crippen LogP contribution in [0, 0.1) is 5.92 Å². The van der Waals surface area contributed by atoms with E-state index in [1.54, 1.807) is 0 Å². The van der Waals surface area contributed by atoms with Crippen LogP contribution in [0.4, 0.5) is 0 Å². The maximum Gasteiger partial charge on any atom is 0.306 e. The molecule has 0 aliphatic heterocycles. The summed E-state index contributed by atoms with van der Waals surface area (Å²) in [6.07, 6.45) is 3.71. The van der Waals surface area contributed by atoms with Crippen molar-refractivity contribution >= 4 is 43.7 Å². The van der Waals surface area contributed by atoms with Crippen LogP contribution < -0.4 is 0 Å². The number of carbonyl (C=O) groups is 1. The molecule has 0 saturated heterocycles. The van der Waals surface area contributed by atoms with Crippen molar-refractivity contribution in [3.8, 4) is 0 Å². The van der Waals surface area contributed by atoms with Gasteiger partial charge in [0.1, 0.15) is 0 Å². The van der Waals surface area contributed by atoms with E-state index in [9.17, 15) is 4.79 Å². The second-order valence-electron chi connectivity index (χ2n) is 2.59. The Morgan fingerprint density at radius 2 is 2.00 bits per heavy atom. The summed E-state index contributed by atoms with van der Waals surface area (Å²) >= 11 is 0. The summed E-state index contributed by atoms with van der Waals surface area (Å²) in [6.45, 7) is 4.00. The minimum absolute atomic E-state index is 0. The number of carboxylic acid groups (broad SMARTS) is 1. The number of aliphatic carboxylic acids is 1. The molecule has 0 bridgehead atoms. The third-order valence-electron chi connectivity index (χ3n) is 1.75. The molecule has 0 aromatic rings. The molecule has 0 aliphatic rings. The zero-order valence-electron chi connectivity index (χ0n) is 7.47. The summed E-state index contributed by atoms with van der Waals surface area (Å²) in [5.41, 5.74) is 0. The molecule has 0 aromatic carbocycles. The minimum Gasteiger partial charge on any atom is -0.481 e. The predicted octanol–water partition coefficient (Wildman–Crippen LogP) is 1.91. The summed E-state index contributed by atoms with van der Waals surface area (Å²) in [5, 5.41) is 8.60. The van der Waals surface area contributed by atoms with E-state index in [2.05, 4.69) is 6.92 Å². The Labute approximate surface area is 98.4 Å². The predicted molar refractivity (Wildman–Crippen MR) is 46.7 cm³/mol. The quantitative estimate of drug-likeness (QED) is 0.663. The molecular formula is C8H16CaO2. The molecule has 0 rings (SSSR count). The first kappa shape index (κ1) is 14.3. The van der Waals surface area contributed by atoms with E-state index >= 15 is 0 Å².